The first-order valence-electron chi connectivity index (χ1n) is 6.61. The maximum absolute atomic E-state index is 12.0. The molecular weight excluding hydrogens is 270 g/mol. The number of carbonyl (C=O) groups excluding carboxylic acids is 1. The largest absolute Gasteiger partial charge is 0.375 e. The van der Waals surface area contributed by atoms with Crippen molar-refractivity contribution >= 4 is 6.03 Å². The number of benzene rings is 1. The molecule has 0 bridgehead atoms. The van der Waals surface area contributed by atoms with Crippen molar-refractivity contribution in [1.82, 2.24) is 25.4 Å². The summed E-state index contributed by atoms with van der Waals surface area (Å²) >= 11 is 0. The topological polar surface area (TPSA) is 83.1 Å². The number of methoxy groups -OCH3 is 1. The molecule has 1 aromatic heterocycles. The molecule has 21 heavy (non-hydrogen) atoms. The summed E-state index contributed by atoms with van der Waals surface area (Å²) in [5.41, 5.74) is 1.03. The van der Waals surface area contributed by atoms with Crippen molar-refractivity contribution in [3.8, 4) is 0 Å². The lowest BCUT2D eigenvalue weighted by molar-refractivity contribution is 0.102. The molecule has 0 fully saturated rings. The molecule has 0 spiro atoms. The molecule has 1 heterocycles. The highest BCUT2D eigenvalue weighted by molar-refractivity contribution is 5.73. The summed E-state index contributed by atoms with van der Waals surface area (Å²) in [6, 6.07) is 9.58. The SMILES string of the molecule is COC(CNC(=O)N(C)Cc1ncn[nH]1)c1ccccc1. The van der Waals surface area contributed by atoms with E-state index in [0.717, 1.165) is 5.56 Å². The molecule has 112 valence electrons. The van der Waals surface area contributed by atoms with Crippen LogP contribution in [0, 0.1) is 0 Å². The lowest BCUT2D eigenvalue weighted by Crippen LogP contribution is -2.39. The maximum atomic E-state index is 12.0. The van der Waals surface area contributed by atoms with Gasteiger partial charge in [0, 0.05) is 20.7 Å². The molecule has 2 aromatic rings. The second-order valence-corrected chi connectivity index (χ2v) is 4.61. The summed E-state index contributed by atoms with van der Waals surface area (Å²) in [6.07, 6.45) is 1.24. The second kappa shape index (κ2) is 7.39. The van der Waals surface area contributed by atoms with E-state index < -0.39 is 0 Å². The van der Waals surface area contributed by atoms with Crippen molar-refractivity contribution in [3.63, 3.8) is 0 Å². The van der Waals surface area contributed by atoms with Crippen molar-refractivity contribution in [2.75, 3.05) is 20.7 Å². The quantitative estimate of drug-likeness (QED) is 0.840. The number of nitrogens with one attached hydrogen (secondary N) is 2. The minimum absolute atomic E-state index is 0.172. The van der Waals surface area contributed by atoms with Crippen LogP contribution in [-0.2, 0) is 11.3 Å². The number of aromatic nitrogens is 3. The Balaban J connectivity index is 1.84. The zero-order valence-corrected chi connectivity index (χ0v) is 12.1. The number of hydrogen-bond acceptors (Lipinski definition) is 4. The molecule has 1 unspecified atom stereocenters. The monoisotopic (exact) mass is 289 g/mol. The van der Waals surface area contributed by atoms with Gasteiger partial charge in [0.1, 0.15) is 12.2 Å². The molecule has 2 amide bonds. The van der Waals surface area contributed by atoms with Crippen LogP contribution >= 0.6 is 0 Å². The zero-order chi connectivity index (χ0) is 15.1. The molecule has 0 aliphatic carbocycles. The summed E-state index contributed by atoms with van der Waals surface area (Å²) in [7, 11) is 3.32. The first kappa shape index (κ1) is 15.0. The molecule has 0 saturated carbocycles. The molecule has 2 rings (SSSR count). The predicted molar refractivity (Wildman–Crippen MR) is 77.4 cm³/mol. The molecule has 7 heteroatoms. The van der Waals surface area contributed by atoms with Crippen molar-refractivity contribution in [2.45, 2.75) is 12.6 Å². The fourth-order valence-electron chi connectivity index (χ4n) is 1.92. The van der Waals surface area contributed by atoms with E-state index in [9.17, 15) is 4.79 Å². The van der Waals surface area contributed by atoms with Crippen molar-refractivity contribution in [2.24, 2.45) is 0 Å². The molecular formula is C14H19N5O2. The lowest BCUT2D eigenvalue weighted by atomic mass is 10.1. The van der Waals surface area contributed by atoms with E-state index in [-0.39, 0.29) is 12.1 Å². The van der Waals surface area contributed by atoms with Crippen LogP contribution in [0.1, 0.15) is 17.5 Å². The van der Waals surface area contributed by atoms with Crippen LogP contribution in [-0.4, -0.2) is 46.8 Å². The van der Waals surface area contributed by atoms with Crippen molar-refractivity contribution in [1.29, 1.82) is 0 Å². The number of amides is 2. The van der Waals surface area contributed by atoms with E-state index in [4.69, 9.17) is 4.74 Å². The van der Waals surface area contributed by atoms with Gasteiger partial charge < -0.3 is 15.0 Å². The average Bonchev–Trinajstić information content (AvgIpc) is 3.01. The Morgan fingerprint density at radius 2 is 2.19 bits per heavy atom. The van der Waals surface area contributed by atoms with Gasteiger partial charge in [0.2, 0.25) is 0 Å². The highest BCUT2D eigenvalue weighted by Gasteiger charge is 2.14. The Morgan fingerprint density at radius 3 is 2.81 bits per heavy atom. The molecule has 0 aliphatic rings. The lowest BCUT2D eigenvalue weighted by Gasteiger charge is -2.20. The van der Waals surface area contributed by atoms with Crippen LogP contribution in [0.4, 0.5) is 4.79 Å². The maximum Gasteiger partial charge on any atom is 0.317 e. The van der Waals surface area contributed by atoms with Crippen LogP contribution in [0.5, 0.6) is 0 Å². The average molecular weight is 289 g/mol. The van der Waals surface area contributed by atoms with Gasteiger partial charge in [-0.15, -0.1) is 0 Å². The Kier molecular flexibility index (Phi) is 5.28. The van der Waals surface area contributed by atoms with Crippen molar-refractivity contribution < 1.29 is 9.53 Å². The summed E-state index contributed by atoms with van der Waals surface area (Å²) in [4.78, 5) is 17.5. The molecule has 1 aromatic carbocycles. The van der Waals surface area contributed by atoms with Gasteiger partial charge in [0.05, 0.1) is 12.6 Å². The van der Waals surface area contributed by atoms with E-state index in [1.165, 1.54) is 11.2 Å². The van der Waals surface area contributed by atoms with Crippen LogP contribution in [0.3, 0.4) is 0 Å². The van der Waals surface area contributed by atoms with Crippen LogP contribution in [0.25, 0.3) is 0 Å². The van der Waals surface area contributed by atoms with Gasteiger partial charge in [-0.05, 0) is 5.56 Å². The molecule has 7 nitrogen and oxygen atoms in total. The van der Waals surface area contributed by atoms with Crippen LogP contribution in [0.2, 0.25) is 0 Å². The van der Waals surface area contributed by atoms with E-state index in [0.29, 0.717) is 18.9 Å². The fraction of sp³-hybridized carbons (Fsp3) is 0.357. The van der Waals surface area contributed by atoms with Gasteiger partial charge in [-0.1, -0.05) is 30.3 Å². The molecule has 2 N–H and O–H groups in total. The van der Waals surface area contributed by atoms with Gasteiger partial charge in [-0.3, -0.25) is 5.10 Å². The van der Waals surface area contributed by atoms with E-state index >= 15 is 0 Å². The minimum atomic E-state index is -0.190. The third-order valence-corrected chi connectivity index (χ3v) is 3.09. The second-order valence-electron chi connectivity index (χ2n) is 4.61. The van der Waals surface area contributed by atoms with Crippen LogP contribution < -0.4 is 5.32 Å². The van der Waals surface area contributed by atoms with Crippen LogP contribution in [0.15, 0.2) is 36.7 Å². The molecule has 0 saturated heterocycles. The standard InChI is InChI=1S/C14H19N5O2/c1-19(9-13-16-10-17-18-13)14(20)15-8-12(21-2)11-6-4-3-5-7-11/h3-7,10,12H,8-9H2,1-2H3,(H,15,20)(H,16,17,18). The molecule has 1 atom stereocenters. The zero-order valence-electron chi connectivity index (χ0n) is 12.1. The number of nitrogens with zero attached hydrogens (tertiary/aromatic N) is 3. The number of ether oxygens (including phenoxy) is 1. The number of hydrogen-bond donors (Lipinski definition) is 2. The smallest absolute Gasteiger partial charge is 0.317 e. The summed E-state index contributed by atoms with van der Waals surface area (Å²) < 4.78 is 5.41. The summed E-state index contributed by atoms with van der Waals surface area (Å²) in [5.74, 6) is 0.638. The highest BCUT2D eigenvalue weighted by atomic mass is 16.5. The minimum Gasteiger partial charge on any atom is -0.375 e. The fourth-order valence-corrected chi connectivity index (χ4v) is 1.92. The normalized spacial score (nSPS) is 11.9. The summed E-state index contributed by atoms with van der Waals surface area (Å²) in [5, 5.41) is 9.31. The predicted octanol–water partition coefficient (Wildman–Crippen LogP) is 1.33. The van der Waals surface area contributed by atoms with Gasteiger partial charge in [-0.25, -0.2) is 9.78 Å². The Bertz CT molecular complexity index is 544. The van der Waals surface area contributed by atoms with Gasteiger partial charge in [-0.2, -0.15) is 5.10 Å². The molecule has 0 radical (unpaired) electrons. The summed E-state index contributed by atoms with van der Waals surface area (Å²) in [6.45, 7) is 0.773. The van der Waals surface area contributed by atoms with Crippen molar-refractivity contribution in [3.05, 3.63) is 48.0 Å². The van der Waals surface area contributed by atoms with E-state index in [2.05, 4.69) is 20.5 Å². The van der Waals surface area contributed by atoms with Gasteiger partial charge in [0.15, 0.2) is 0 Å². The first-order chi connectivity index (χ1) is 10.2. The number of H-pyrrole nitrogens is 1. The molecule has 0 aliphatic heterocycles. The number of carbonyl (C=O) groups is 1. The Morgan fingerprint density at radius 1 is 1.43 bits per heavy atom. The van der Waals surface area contributed by atoms with E-state index in [1.54, 1.807) is 14.2 Å². The van der Waals surface area contributed by atoms with Gasteiger partial charge >= 0.3 is 6.03 Å². The number of aromatic amines is 1. The Labute approximate surface area is 123 Å². The third-order valence-electron chi connectivity index (χ3n) is 3.09. The third kappa shape index (κ3) is 4.28. The highest BCUT2D eigenvalue weighted by Crippen LogP contribution is 2.14. The number of rotatable bonds is 6. The number of urea groups is 1. The first-order valence-corrected chi connectivity index (χ1v) is 6.61. The Hall–Kier alpha value is -2.41. The van der Waals surface area contributed by atoms with Gasteiger partial charge in [0.25, 0.3) is 0 Å². The van der Waals surface area contributed by atoms with E-state index in [1.807, 2.05) is 30.3 Å².